The fourth-order valence-electron chi connectivity index (χ4n) is 3.42. The second-order valence-electron chi connectivity index (χ2n) is 8.39. The van der Waals surface area contributed by atoms with Crippen LogP contribution >= 0.6 is 11.6 Å². The lowest BCUT2D eigenvalue weighted by Crippen LogP contribution is -2.50. The minimum absolute atomic E-state index is 0.0861. The monoisotopic (exact) mass is 465 g/mol. The average Bonchev–Trinajstić information content (AvgIpc) is 2.72. The van der Waals surface area contributed by atoms with E-state index in [-0.39, 0.29) is 52.8 Å². The van der Waals surface area contributed by atoms with Gasteiger partial charge in [-0.3, -0.25) is 14.9 Å². The smallest absolute Gasteiger partial charge is 0.282 e. The zero-order chi connectivity index (χ0) is 23.0. The first kappa shape index (κ1) is 23.2. The Balaban J connectivity index is 1.74. The molecule has 0 spiro atoms. The third-order valence-corrected chi connectivity index (χ3v) is 7.42. The van der Waals surface area contributed by atoms with Gasteiger partial charge in [-0.15, -0.1) is 0 Å². The summed E-state index contributed by atoms with van der Waals surface area (Å²) in [7, 11) is -3.70. The second-order valence-corrected chi connectivity index (χ2v) is 10.8. The predicted molar refractivity (Wildman–Crippen MR) is 118 cm³/mol. The van der Waals surface area contributed by atoms with Crippen molar-refractivity contribution < 1.29 is 18.1 Å². The molecule has 0 bridgehead atoms. The number of nitro benzene ring substituents is 1. The molecule has 10 heteroatoms. The van der Waals surface area contributed by atoms with E-state index in [1.54, 1.807) is 12.1 Å². The van der Waals surface area contributed by atoms with Gasteiger partial charge in [-0.05, 0) is 35.2 Å². The molecular formula is C21H24ClN3O5S. The van der Waals surface area contributed by atoms with Gasteiger partial charge < -0.3 is 4.90 Å². The maximum absolute atomic E-state index is 13.0. The van der Waals surface area contributed by atoms with Gasteiger partial charge in [0.25, 0.3) is 11.6 Å². The molecule has 1 aliphatic rings. The van der Waals surface area contributed by atoms with Crippen molar-refractivity contribution in [2.24, 2.45) is 0 Å². The van der Waals surface area contributed by atoms with Gasteiger partial charge in [-0.2, -0.15) is 4.31 Å². The Hall–Kier alpha value is -2.49. The molecule has 8 nitrogen and oxygen atoms in total. The van der Waals surface area contributed by atoms with E-state index in [4.69, 9.17) is 11.6 Å². The molecule has 1 fully saturated rings. The lowest BCUT2D eigenvalue weighted by molar-refractivity contribution is -0.385. The SMILES string of the molecule is CC(C)(C)c1ccc(S(=O)(=O)N2CCN(C(=O)c3cc(Cl)ccc3[N+](=O)[O-])CC2)cc1. The molecule has 3 rings (SSSR count). The highest BCUT2D eigenvalue weighted by Crippen LogP contribution is 2.27. The first-order chi connectivity index (χ1) is 14.4. The zero-order valence-electron chi connectivity index (χ0n) is 17.5. The minimum Gasteiger partial charge on any atom is -0.336 e. The van der Waals surface area contributed by atoms with Crippen LogP contribution in [0.25, 0.3) is 0 Å². The van der Waals surface area contributed by atoms with Crippen LogP contribution in [0.3, 0.4) is 0 Å². The molecular weight excluding hydrogens is 442 g/mol. The number of piperazine rings is 1. The van der Waals surface area contributed by atoms with Crippen molar-refractivity contribution in [1.29, 1.82) is 0 Å². The first-order valence-electron chi connectivity index (χ1n) is 9.75. The number of hydrogen-bond donors (Lipinski definition) is 0. The molecule has 0 aliphatic carbocycles. The number of sulfonamides is 1. The van der Waals surface area contributed by atoms with E-state index in [2.05, 4.69) is 20.8 Å². The number of benzene rings is 2. The Morgan fingerprint density at radius 2 is 1.61 bits per heavy atom. The normalized spacial score (nSPS) is 15.7. The molecule has 166 valence electrons. The standard InChI is InChI=1S/C21H24ClN3O5S/c1-21(2,3)15-4-7-17(8-5-15)31(29,30)24-12-10-23(11-13-24)20(26)18-14-16(22)6-9-19(18)25(27)28/h4-9,14H,10-13H2,1-3H3. The molecule has 0 atom stereocenters. The van der Waals surface area contributed by atoms with Crippen molar-refractivity contribution in [1.82, 2.24) is 9.21 Å². The number of nitrogens with zero attached hydrogens (tertiary/aromatic N) is 3. The van der Waals surface area contributed by atoms with Crippen molar-refractivity contribution in [3.05, 3.63) is 68.7 Å². The van der Waals surface area contributed by atoms with Crippen molar-refractivity contribution in [3.63, 3.8) is 0 Å². The summed E-state index contributed by atoms with van der Waals surface area (Å²) < 4.78 is 27.3. The van der Waals surface area contributed by atoms with E-state index in [9.17, 15) is 23.3 Å². The van der Waals surface area contributed by atoms with Crippen LogP contribution in [-0.4, -0.2) is 54.6 Å². The number of halogens is 1. The van der Waals surface area contributed by atoms with E-state index < -0.39 is 20.9 Å². The van der Waals surface area contributed by atoms with E-state index >= 15 is 0 Å². The minimum atomic E-state index is -3.70. The molecule has 0 unspecified atom stereocenters. The summed E-state index contributed by atoms with van der Waals surface area (Å²) in [6.45, 7) is 6.61. The summed E-state index contributed by atoms with van der Waals surface area (Å²) in [5.41, 5.74) is 0.511. The van der Waals surface area contributed by atoms with Crippen LogP contribution in [-0.2, 0) is 15.4 Å². The van der Waals surface area contributed by atoms with Gasteiger partial charge in [-0.1, -0.05) is 44.5 Å². The number of carbonyl (C=O) groups is 1. The lowest BCUT2D eigenvalue weighted by Gasteiger charge is -2.34. The summed E-state index contributed by atoms with van der Waals surface area (Å²) >= 11 is 5.91. The number of carbonyl (C=O) groups excluding carboxylic acids is 1. The quantitative estimate of drug-likeness (QED) is 0.506. The van der Waals surface area contributed by atoms with Crippen LogP contribution in [0.4, 0.5) is 5.69 Å². The molecule has 0 radical (unpaired) electrons. The van der Waals surface area contributed by atoms with Gasteiger partial charge in [0.2, 0.25) is 10.0 Å². The molecule has 0 N–H and O–H groups in total. The molecule has 2 aromatic carbocycles. The molecule has 1 amide bonds. The van der Waals surface area contributed by atoms with Gasteiger partial charge in [0.1, 0.15) is 5.56 Å². The number of nitro groups is 1. The average molecular weight is 466 g/mol. The van der Waals surface area contributed by atoms with Crippen LogP contribution in [0.5, 0.6) is 0 Å². The summed E-state index contributed by atoms with van der Waals surface area (Å²) in [5.74, 6) is -0.541. The Labute approximate surface area is 186 Å². The topological polar surface area (TPSA) is 101 Å². The third-order valence-electron chi connectivity index (χ3n) is 5.27. The molecule has 1 aliphatic heterocycles. The lowest BCUT2D eigenvalue weighted by atomic mass is 9.87. The molecule has 1 heterocycles. The first-order valence-corrected chi connectivity index (χ1v) is 11.6. The highest BCUT2D eigenvalue weighted by atomic mass is 35.5. The zero-order valence-corrected chi connectivity index (χ0v) is 19.1. The van der Waals surface area contributed by atoms with E-state index in [0.717, 1.165) is 5.56 Å². The van der Waals surface area contributed by atoms with Crippen LogP contribution in [0.2, 0.25) is 5.02 Å². The van der Waals surface area contributed by atoms with Crippen molar-refractivity contribution >= 4 is 33.2 Å². The fraction of sp³-hybridized carbons (Fsp3) is 0.381. The summed E-state index contributed by atoms with van der Waals surface area (Å²) in [6.07, 6.45) is 0. The van der Waals surface area contributed by atoms with Crippen LogP contribution in [0.1, 0.15) is 36.7 Å². The Morgan fingerprint density at radius 3 is 2.13 bits per heavy atom. The van der Waals surface area contributed by atoms with Gasteiger partial charge >= 0.3 is 0 Å². The van der Waals surface area contributed by atoms with Crippen molar-refractivity contribution in [3.8, 4) is 0 Å². The molecule has 0 saturated carbocycles. The highest BCUT2D eigenvalue weighted by molar-refractivity contribution is 7.89. The summed E-state index contributed by atoms with van der Waals surface area (Å²) in [4.78, 5) is 25.1. The van der Waals surface area contributed by atoms with E-state index in [1.165, 1.54) is 27.4 Å². The highest BCUT2D eigenvalue weighted by Gasteiger charge is 2.32. The Kier molecular flexibility index (Phi) is 6.40. The number of rotatable bonds is 4. The van der Waals surface area contributed by atoms with Crippen LogP contribution in [0, 0.1) is 10.1 Å². The number of amides is 1. The largest absolute Gasteiger partial charge is 0.336 e. The summed E-state index contributed by atoms with van der Waals surface area (Å²) in [6, 6.07) is 10.6. The van der Waals surface area contributed by atoms with Crippen LogP contribution in [0.15, 0.2) is 47.4 Å². The molecule has 1 saturated heterocycles. The van der Waals surface area contributed by atoms with Crippen molar-refractivity contribution in [2.45, 2.75) is 31.1 Å². The van der Waals surface area contributed by atoms with E-state index in [1.807, 2.05) is 12.1 Å². The Morgan fingerprint density at radius 1 is 1.03 bits per heavy atom. The molecule has 0 aromatic heterocycles. The van der Waals surface area contributed by atoms with Gasteiger partial charge in [0, 0.05) is 37.3 Å². The fourth-order valence-corrected chi connectivity index (χ4v) is 5.01. The maximum Gasteiger partial charge on any atom is 0.282 e. The molecule has 2 aromatic rings. The maximum atomic E-state index is 13.0. The predicted octanol–water partition coefficient (Wildman–Crippen LogP) is 3.69. The van der Waals surface area contributed by atoms with Gasteiger partial charge in [0.15, 0.2) is 0 Å². The third kappa shape index (κ3) is 4.89. The molecule has 31 heavy (non-hydrogen) atoms. The second kappa shape index (κ2) is 8.57. The van der Waals surface area contributed by atoms with Crippen molar-refractivity contribution in [2.75, 3.05) is 26.2 Å². The summed E-state index contributed by atoms with van der Waals surface area (Å²) in [5, 5.41) is 11.5. The van der Waals surface area contributed by atoms with E-state index in [0.29, 0.717) is 0 Å². The van der Waals surface area contributed by atoms with Gasteiger partial charge in [0.05, 0.1) is 9.82 Å². The number of hydrogen-bond acceptors (Lipinski definition) is 5. The van der Waals surface area contributed by atoms with Gasteiger partial charge in [-0.25, -0.2) is 8.42 Å². The van der Waals surface area contributed by atoms with Crippen LogP contribution < -0.4 is 0 Å². The Bertz CT molecular complexity index is 1100.